The Morgan fingerprint density at radius 3 is 1.53 bits per heavy atom. The summed E-state index contributed by atoms with van der Waals surface area (Å²) < 4.78 is 16.2. The highest BCUT2D eigenvalue weighted by molar-refractivity contribution is 5.77. The van der Waals surface area contributed by atoms with Gasteiger partial charge in [-0.25, -0.2) is 0 Å². The van der Waals surface area contributed by atoms with Crippen LogP contribution in [0.25, 0.3) is 0 Å². The van der Waals surface area contributed by atoms with Crippen molar-refractivity contribution in [2.75, 3.05) is 39.5 Å². The normalized spacial score (nSPS) is 11.9. The van der Waals surface area contributed by atoms with Crippen LogP contribution in [0, 0.1) is 0 Å². The zero-order chi connectivity index (χ0) is 33.2. The van der Waals surface area contributed by atoms with Crippen LogP contribution in [0.15, 0.2) is 0 Å². The molecular formula is C37H71NO7. The molecule has 1 unspecified atom stereocenters. The average Bonchev–Trinajstić information content (AvgIpc) is 3.03. The molecule has 0 bridgehead atoms. The van der Waals surface area contributed by atoms with Gasteiger partial charge in [0.1, 0.15) is 6.10 Å². The Hall–Kier alpha value is -1.67. The van der Waals surface area contributed by atoms with E-state index in [0.29, 0.717) is 26.2 Å². The minimum absolute atomic E-state index is 0.0191. The predicted molar refractivity (Wildman–Crippen MR) is 183 cm³/mol. The lowest BCUT2D eigenvalue weighted by Crippen LogP contribution is -2.29. The van der Waals surface area contributed by atoms with Crippen LogP contribution in [-0.2, 0) is 28.6 Å². The van der Waals surface area contributed by atoms with E-state index >= 15 is 0 Å². The van der Waals surface area contributed by atoms with Crippen LogP contribution in [0.3, 0.4) is 0 Å². The smallest absolute Gasteiger partial charge is 0.306 e. The maximum atomic E-state index is 12.4. The molecule has 45 heavy (non-hydrogen) atoms. The first-order chi connectivity index (χ1) is 22.0. The van der Waals surface area contributed by atoms with Gasteiger partial charge in [0.05, 0.1) is 32.7 Å². The second-order valence-electron chi connectivity index (χ2n) is 12.6. The van der Waals surface area contributed by atoms with Crippen LogP contribution < -0.4 is 0 Å². The number of carbonyl (C=O) groups is 3. The largest absolute Gasteiger partial charge is 0.466 e. The highest BCUT2D eigenvalue weighted by Crippen LogP contribution is 2.17. The topological polar surface area (TPSA) is 102 Å². The van der Waals surface area contributed by atoms with Crippen LogP contribution in [0.2, 0.25) is 0 Å². The van der Waals surface area contributed by atoms with E-state index in [1.807, 2.05) is 0 Å². The number of unbranched alkanes of at least 4 members (excludes halogenated alkanes) is 14. The highest BCUT2D eigenvalue weighted by atomic mass is 16.5. The van der Waals surface area contributed by atoms with Crippen molar-refractivity contribution in [3.8, 4) is 0 Å². The Labute approximate surface area is 276 Å². The second kappa shape index (κ2) is 33.7. The van der Waals surface area contributed by atoms with Crippen molar-refractivity contribution in [3.63, 3.8) is 0 Å². The van der Waals surface area contributed by atoms with E-state index in [0.717, 1.165) is 116 Å². The molecule has 8 heteroatoms. The quantitative estimate of drug-likeness (QED) is 0.0423. The van der Waals surface area contributed by atoms with Gasteiger partial charge in [-0.05, 0) is 70.9 Å². The lowest BCUT2D eigenvalue weighted by atomic mass is 10.0. The molecule has 0 amide bonds. The lowest BCUT2D eigenvalue weighted by molar-refractivity contribution is -0.150. The number of carbonyl (C=O) groups excluding carboxylic acids is 3. The Morgan fingerprint density at radius 2 is 0.956 bits per heavy atom. The first kappa shape index (κ1) is 43.3. The van der Waals surface area contributed by atoms with Crippen LogP contribution in [0.5, 0.6) is 0 Å². The minimum atomic E-state index is -0.339. The third-order valence-electron chi connectivity index (χ3n) is 8.25. The van der Waals surface area contributed by atoms with E-state index in [4.69, 9.17) is 14.2 Å². The fraction of sp³-hybridized carbons (Fsp3) is 0.919. The maximum Gasteiger partial charge on any atom is 0.306 e. The monoisotopic (exact) mass is 642 g/mol. The van der Waals surface area contributed by atoms with Gasteiger partial charge in [0, 0.05) is 13.0 Å². The van der Waals surface area contributed by atoms with E-state index in [1.54, 1.807) is 0 Å². The molecule has 0 saturated heterocycles. The molecule has 0 aromatic rings. The molecule has 0 saturated carbocycles. The Balaban J connectivity index is 3.87. The van der Waals surface area contributed by atoms with Gasteiger partial charge < -0.3 is 24.2 Å². The molecule has 0 aliphatic carbocycles. The van der Waals surface area contributed by atoms with Crippen molar-refractivity contribution in [2.45, 2.75) is 181 Å². The summed E-state index contributed by atoms with van der Waals surface area (Å²) in [5.74, 6) is -0.689. The van der Waals surface area contributed by atoms with E-state index in [-0.39, 0.29) is 43.5 Å². The number of ether oxygens (including phenoxy) is 3. The van der Waals surface area contributed by atoms with Gasteiger partial charge in [0.25, 0.3) is 0 Å². The summed E-state index contributed by atoms with van der Waals surface area (Å²) in [7, 11) is 0. The van der Waals surface area contributed by atoms with Crippen molar-refractivity contribution in [1.29, 1.82) is 0 Å². The number of nitrogens with zero attached hydrogens (tertiary/aromatic N) is 1. The van der Waals surface area contributed by atoms with Gasteiger partial charge in [-0.2, -0.15) is 0 Å². The molecule has 0 aromatic heterocycles. The van der Waals surface area contributed by atoms with Crippen LogP contribution >= 0.6 is 0 Å². The summed E-state index contributed by atoms with van der Waals surface area (Å²) in [5, 5.41) is 9.46. The number of hydrogen-bond donors (Lipinski definition) is 1. The predicted octanol–water partition coefficient (Wildman–Crippen LogP) is 8.70. The summed E-state index contributed by atoms with van der Waals surface area (Å²) in [4.78, 5) is 38.2. The number of aliphatic hydroxyl groups excluding tert-OH is 1. The Morgan fingerprint density at radius 1 is 0.511 bits per heavy atom. The molecule has 1 atom stereocenters. The molecule has 0 aliphatic rings. The molecule has 0 rings (SSSR count). The first-order valence-electron chi connectivity index (χ1n) is 18.8. The average molecular weight is 642 g/mol. The van der Waals surface area contributed by atoms with Crippen LogP contribution in [0.4, 0.5) is 0 Å². The maximum absolute atomic E-state index is 12.4. The number of aliphatic hydroxyl groups is 1. The number of rotatable bonds is 34. The Kier molecular flexibility index (Phi) is 32.4. The summed E-state index contributed by atoms with van der Waals surface area (Å²) in [6, 6.07) is 0. The standard InChI is InChI=1S/C37H71NO7/c1-4-7-10-17-24-34(23-16-8-5-2)45-37(42)25-18-12-11-13-19-28-38(30-31-39)29-20-14-15-22-33-44-36(41)27-26-35(40)43-32-21-9-6-3/h34,39H,4-33H2,1-3H3. The van der Waals surface area contributed by atoms with Gasteiger partial charge in [-0.15, -0.1) is 0 Å². The van der Waals surface area contributed by atoms with Gasteiger partial charge in [-0.3, -0.25) is 14.4 Å². The zero-order valence-electron chi connectivity index (χ0n) is 29.6. The summed E-state index contributed by atoms with van der Waals surface area (Å²) in [5.41, 5.74) is 0. The highest BCUT2D eigenvalue weighted by Gasteiger charge is 2.14. The van der Waals surface area contributed by atoms with Gasteiger partial charge in [-0.1, -0.05) is 97.8 Å². The van der Waals surface area contributed by atoms with Gasteiger partial charge in [0.2, 0.25) is 0 Å². The van der Waals surface area contributed by atoms with E-state index in [9.17, 15) is 19.5 Å². The molecule has 0 radical (unpaired) electrons. The van der Waals surface area contributed by atoms with Crippen molar-refractivity contribution >= 4 is 17.9 Å². The fourth-order valence-corrected chi connectivity index (χ4v) is 5.40. The second-order valence-corrected chi connectivity index (χ2v) is 12.6. The lowest BCUT2D eigenvalue weighted by Gasteiger charge is -2.21. The Bertz CT molecular complexity index is 688. The van der Waals surface area contributed by atoms with Crippen molar-refractivity contribution in [3.05, 3.63) is 0 Å². The molecule has 0 spiro atoms. The van der Waals surface area contributed by atoms with Gasteiger partial charge >= 0.3 is 17.9 Å². The SMILES string of the molecule is CCCCCCC(CCCCC)OC(=O)CCCCCCCN(CCO)CCCCCCOC(=O)CCC(=O)OCCCCC. The molecule has 0 fully saturated rings. The molecule has 1 N–H and O–H groups in total. The summed E-state index contributed by atoms with van der Waals surface area (Å²) >= 11 is 0. The van der Waals surface area contributed by atoms with Crippen molar-refractivity contribution in [1.82, 2.24) is 4.90 Å². The van der Waals surface area contributed by atoms with E-state index in [1.165, 1.54) is 32.1 Å². The third-order valence-corrected chi connectivity index (χ3v) is 8.25. The van der Waals surface area contributed by atoms with Crippen molar-refractivity contribution in [2.24, 2.45) is 0 Å². The summed E-state index contributed by atoms with van der Waals surface area (Å²) in [6.45, 7) is 10.2. The van der Waals surface area contributed by atoms with Crippen LogP contribution in [-0.4, -0.2) is 73.5 Å². The number of esters is 3. The summed E-state index contributed by atoms with van der Waals surface area (Å²) in [6.07, 6.45) is 23.4. The van der Waals surface area contributed by atoms with E-state index < -0.39 is 0 Å². The van der Waals surface area contributed by atoms with Crippen LogP contribution in [0.1, 0.15) is 175 Å². The fourth-order valence-electron chi connectivity index (χ4n) is 5.40. The zero-order valence-corrected chi connectivity index (χ0v) is 29.6. The molecule has 0 aromatic carbocycles. The molecule has 0 aliphatic heterocycles. The van der Waals surface area contributed by atoms with Gasteiger partial charge in [0.15, 0.2) is 0 Å². The molecule has 8 nitrogen and oxygen atoms in total. The third kappa shape index (κ3) is 30.7. The van der Waals surface area contributed by atoms with Crippen molar-refractivity contribution < 1.29 is 33.7 Å². The minimum Gasteiger partial charge on any atom is -0.466 e. The molecule has 0 heterocycles. The van der Waals surface area contributed by atoms with E-state index in [2.05, 4.69) is 25.7 Å². The first-order valence-corrected chi connectivity index (χ1v) is 18.8. The molecule has 266 valence electrons. The molecular weight excluding hydrogens is 570 g/mol. The number of hydrogen-bond acceptors (Lipinski definition) is 8.